The molecule has 0 radical (unpaired) electrons. The van der Waals surface area contributed by atoms with Crippen LogP contribution < -0.4 is 10.6 Å². The molecule has 2 amide bonds. The summed E-state index contributed by atoms with van der Waals surface area (Å²) < 4.78 is 0. The Hall–Kier alpha value is -2.34. The van der Waals surface area contributed by atoms with E-state index < -0.39 is 0 Å². The second-order valence-corrected chi connectivity index (χ2v) is 5.12. The summed E-state index contributed by atoms with van der Waals surface area (Å²) in [5, 5.41) is 14.5. The van der Waals surface area contributed by atoms with Crippen LogP contribution in [-0.4, -0.2) is 54.1 Å². The highest BCUT2D eigenvalue weighted by atomic mass is 16.3. The highest BCUT2D eigenvalue weighted by molar-refractivity contribution is 5.95. The lowest BCUT2D eigenvalue weighted by Crippen LogP contribution is -2.33. The molecule has 22 heavy (non-hydrogen) atoms. The van der Waals surface area contributed by atoms with Crippen molar-refractivity contribution >= 4 is 17.5 Å². The largest absolute Gasteiger partial charge is 0.395 e. The Balaban J connectivity index is 2.00. The molecule has 0 bridgehead atoms. The zero-order chi connectivity index (χ0) is 15.9. The molecule has 1 heterocycles. The second kappa shape index (κ2) is 7.61. The van der Waals surface area contributed by atoms with Gasteiger partial charge in [0.05, 0.1) is 6.61 Å². The van der Waals surface area contributed by atoms with E-state index in [4.69, 9.17) is 5.11 Å². The van der Waals surface area contributed by atoms with E-state index in [9.17, 15) is 9.59 Å². The maximum absolute atomic E-state index is 12.2. The molecule has 0 saturated carbocycles. The van der Waals surface area contributed by atoms with Gasteiger partial charge in [0.15, 0.2) is 0 Å². The minimum Gasteiger partial charge on any atom is -0.395 e. The number of hydrogen-bond acceptors (Lipinski definition) is 4. The molecular weight excluding hydrogens is 282 g/mol. The smallest absolute Gasteiger partial charge is 0.251 e. The Morgan fingerprint density at radius 3 is 3.05 bits per heavy atom. The number of nitrogens with zero attached hydrogens (tertiary/aromatic N) is 1. The Morgan fingerprint density at radius 2 is 2.32 bits per heavy atom. The molecule has 0 spiro atoms. The molecule has 6 nitrogen and oxygen atoms in total. The average Bonchev–Trinajstić information content (AvgIpc) is 2.86. The summed E-state index contributed by atoms with van der Waals surface area (Å²) in [5.74, 6) is -0.196. The number of carbonyl (C=O) groups is 2. The molecule has 0 aromatic heterocycles. The predicted octanol–water partition coefficient (Wildman–Crippen LogP) is 0.607. The Kier molecular flexibility index (Phi) is 5.55. The standard InChI is InChI=1S/C16H21N3O3/c1-2-8-19-9-6-14(16(19)22)18-13-5-3-4-12(11-13)15(21)17-7-10-20/h2-5,11,14,18,20H,1,6-10H2,(H,17,21)/t14-/m1/s1. The van der Waals surface area contributed by atoms with Gasteiger partial charge in [-0.2, -0.15) is 0 Å². The van der Waals surface area contributed by atoms with E-state index in [-0.39, 0.29) is 31.0 Å². The van der Waals surface area contributed by atoms with Crippen LogP contribution in [0.1, 0.15) is 16.8 Å². The zero-order valence-corrected chi connectivity index (χ0v) is 12.4. The fraction of sp³-hybridized carbons (Fsp3) is 0.375. The number of likely N-dealkylation sites (tertiary alicyclic amines) is 1. The molecule has 118 valence electrons. The number of aliphatic hydroxyl groups is 1. The normalized spacial score (nSPS) is 17.4. The molecular formula is C16H21N3O3. The number of hydrogen-bond donors (Lipinski definition) is 3. The van der Waals surface area contributed by atoms with Crippen LogP contribution in [0.4, 0.5) is 5.69 Å². The fourth-order valence-electron chi connectivity index (χ4n) is 2.43. The minimum absolute atomic E-state index is 0.0510. The monoisotopic (exact) mass is 303 g/mol. The van der Waals surface area contributed by atoms with Crippen molar-refractivity contribution in [3.63, 3.8) is 0 Å². The van der Waals surface area contributed by atoms with E-state index in [0.29, 0.717) is 18.7 Å². The maximum Gasteiger partial charge on any atom is 0.251 e. The molecule has 1 aromatic rings. The third kappa shape index (κ3) is 3.85. The van der Waals surface area contributed by atoms with Gasteiger partial charge in [-0.25, -0.2) is 0 Å². The highest BCUT2D eigenvalue weighted by Crippen LogP contribution is 2.18. The molecule has 1 saturated heterocycles. The third-order valence-corrected chi connectivity index (χ3v) is 3.51. The fourth-order valence-corrected chi connectivity index (χ4v) is 2.43. The molecule has 1 fully saturated rings. The number of anilines is 1. The highest BCUT2D eigenvalue weighted by Gasteiger charge is 2.30. The summed E-state index contributed by atoms with van der Waals surface area (Å²) in [6.07, 6.45) is 2.44. The van der Waals surface area contributed by atoms with Crippen molar-refractivity contribution in [2.24, 2.45) is 0 Å². The van der Waals surface area contributed by atoms with Crippen molar-refractivity contribution in [2.75, 3.05) is 31.6 Å². The van der Waals surface area contributed by atoms with Gasteiger partial charge in [-0.3, -0.25) is 9.59 Å². The second-order valence-electron chi connectivity index (χ2n) is 5.12. The van der Waals surface area contributed by atoms with Crippen LogP contribution in [0.5, 0.6) is 0 Å². The topological polar surface area (TPSA) is 81.7 Å². The summed E-state index contributed by atoms with van der Waals surface area (Å²) in [6.45, 7) is 5.03. The van der Waals surface area contributed by atoms with Gasteiger partial charge in [0.1, 0.15) is 6.04 Å². The van der Waals surface area contributed by atoms with Crippen LogP contribution >= 0.6 is 0 Å². The molecule has 1 aliphatic heterocycles. The van der Waals surface area contributed by atoms with Gasteiger partial charge in [-0.05, 0) is 24.6 Å². The quantitative estimate of drug-likeness (QED) is 0.645. The molecule has 1 atom stereocenters. The van der Waals surface area contributed by atoms with Crippen LogP contribution in [-0.2, 0) is 4.79 Å². The molecule has 0 aliphatic carbocycles. The van der Waals surface area contributed by atoms with E-state index in [1.165, 1.54) is 0 Å². The SMILES string of the molecule is C=CCN1CC[C@@H](Nc2cccc(C(=O)NCCO)c2)C1=O. The Morgan fingerprint density at radius 1 is 1.50 bits per heavy atom. The number of aliphatic hydroxyl groups excluding tert-OH is 1. The molecule has 1 aliphatic rings. The van der Waals surface area contributed by atoms with Gasteiger partial charge in [-0.1, -0.05) is 12.1 Å². The summed E-state index contributed by atoms with van der Waals surface area (Å²) in [5.41, 5.74) is 1.22. The van der Waals surface area contributed by atoms with Crippen LogP contribution in [0.15, 0.2) is 36.9 Å². The van der Waals surface area contributed by atoms with Crippen molar-refractivity contribution in [3.8, 4) is 0 Å². The molecule has 3 N–H and O–H groups in total. The van der Waals surface area contributed by atoms with Crippen molar-refractivity contribution in [2.45, 2.75) is 12.5 Å². The van der Waals surface area contributed by atoms with Crippen LogP contribution in [0.2, 0.25) is 0 Å². The lowest BCUT2D eigenvalue weighted by Gasteiger charge is -2.16. The van der Waals surface area contributed by atoms with Gasteiger partial charge in [0, 0.05) is 30.9 Å². The minimum atomic E-state index is -0.268. The van der Waals surface area contributed by atoms with Crippen molar-refractivity contribution in [3.05, 3.63) is 42.5 Å². The number of nitrogens with one attached hydrogen (secondary N) is 2. The summed E-state index contributed by atoms with van der Waals surface area (Å²) in [4.78, 5) is 25.8. The van der Waals surface area contributed by atoms with Gasteiger partial charge < -0.3 is 20.6 Å². The first-order valence-electron chi connectivity index (χ1n) is 7.31. The summed E-state index contributed by atoms with van der Waals surface area (Å²) in [6, 6.07) is 6.72. The van der Waals surface area contributed by atoms with Crippen LogP contribution in [0.3, 0.4) is 0 Å². The predicted molar refractivity (Wildman–Crippen MR) is 84.7 cm³/mol. The van der Waals surface area contributed by atoms with E-state index in [1.54, 1.807) is 29.2 Å². The first kappa shape index (κ1) is 16.0. The first-order chi connectivity index (χ1) is 10.7. The van der Waals surface area contributed by atoms with E-state index in [2.05, 4.69) is 17.2 Å². The van der Waals surface area contributed by atoms with E-state index in [0.717, 1.165) is 12.1 Å². The van der Waals surface area contributed by atoms with Gasteiger partial charge in [0.25, 0.3) is 5.91 Å². The van der Waals surface area contributed by atoms with Crippen molar-refractivity contribution < 1.29 is 14.7 Å². The molecule has 0 unspecified atom stereocenters. The van der Waals surface area contributed by atoms with Gasteiger partial charge in [-0.15, -0.1) is 6.58 Å². The van der Waals surface area contributed by atoms with Crippen molar-refractivity contribution in [1.29, 1.82) is 0 Å². The number of rotatable bonds is 7. The molecule has 6 heteroatoms. The summed E-state index contributed by atoms with van der Waals surface area (Å²) in [7, 11) is 0. The average molecular weight is 303 g/mol. The number of carbonyl (C=O) groups excluding carboxylic acids is 2. The lowest BCUT2D eigenvalue weighted by molar-refractivity contribution is -0.127. The lowest BCUT2D eigenvalue weighted by atomic mass is 10.1. The van der Waals surface area contributed by atoms with Crippen LogP contribution in [0.25, 0.3) is 0 Å². The van der Waals surface area contributed by atoms with Gasteiger partial charge >= 0.3 is 0 Å². The molecule has 1 aromatic carbocycles. The van der Waals surface area contributed by atoms with E-state index >= 15 is 0 Å². The van der Waals surface area contributed by atoms with Gasteiger partial charge in [0.2, 0.25) is 5.91 Å². The third-order valence-electron chi connectivity index (χ3n) is 3.51. The van der Waals surface area contributed by atoms with Crippen molar-refractivity contribution in [1.82, 2.24) is 10.2 Å². The molecule has 2 rings (SSSR count). The van der Waals surface area contributed by atoms with E-state index in [1.807, 2.05) is 6.07 Å². The number of amides is 2. The Bertz CT molecular complexity index is 559. The summed E-state index contributed by atoms with van der Waals surface area (Å²) >= 11 is 0. The zero-order valence-electron chi connectivity index (χ0n) is 12.4. The number of benzene rings is 1. The van der Waals surface area contributed by atoms with Crippen LogP contribution in [0, 0.1) is 0 Å². The first-order valence-corrected chi connectivity index (χ1v) is 7.31. The Labute approximate surface area is 129 Å². The maximum atomic E-state index is 12.2.